The molecule has 1 atom stereocenters. The normalized spacial score (nSPS) is 18.4. The van der Waals surface area contributed by atoms with Crippen LogP contribution in [-0.4, -0.2) is 42.0 Å². The van der Waals surface area contributed by atoms with E-state index in [1.54, 1.807) is 7.11 Å². The van der Waals surface area contributed by atoms with E-state index in [9.17, 15) is 13.2 Å². The Morgan fingerprint density at radius 3 is 2.68 bits per heavy atom. The number of nitrogens with zero attached hydrogens (tertiary/aromatic N) is 4. The molecule has 0 spiro atoms. The Balaban J connectivity index is 1.79. The Hall–Kier alpha value is -2.22. The standard InChI is InChI=1S/C17H19F3N4O/c1-25-11-12-3-2-8-24(10-12)16-22-15(9-21-23-16)13-4-6-14(7-5-13)17(18,19)20/h4-7,9,12H,2-3,8,10-11H2,1H3. The first kappa shape index (κ1) is 17.6. The van der Waals surface area contributed by atoms with Crippen LogP contribution in [0.25, 0.3) is 11.3 Å². The lowest BCUT2D eigenvalue weighted by atomic mass is 9.99. The van der Waals surface area contributed by atoms with Gasteiger partial charge in [-0.05, 0) is 30.9 Å². The van der Waals surface area contributed by atoms with Gasteiger partial charge in [-0.1, -0.05) is 12.1 Å². The molecule has 0 saturated carbocycles. The third kappa shape index (κ3) is 4.25. The number of anilines is 1. The summed E-state index contributed by atoms with van der Waals surface area (Å²) in [6.45, 7) is 2.30. The fourth-order valence-electron chi connectivity index (χ4n) is 3.02. The first-order valence-electron chi connectivity index (χ1n) is 8.08. The zero-order valence-electron chi connectivity index (χ0n) is 13.8. The molecular weight excluding hydrogens is 333 g/mol. The number of hydrogen-bond acceptors (Lipinski definition) is 5. The third-order valence-electron chi connectivity index (χ3n) is 4.26. The van der Waals surface area contributed by atoms with Crippen LogP contribution in [0, 0.1) is 5.92 Å². The molecule has 8 heteroatoms. The van der Waals surface area contributed by atoms with Crippen LogP contribution < -0.4 is 4.90 Å². The Morgan fingerprint density at radius 1 is 1.24 bits per heavy atom. The van der Waals surface area contributed by atoms with Crippen LogP contribution in [0.2, 0.25) is 0 Å². The van der Waals surface area contributed by atoms with Crippen molar-refractivity contribution in [3.8, 4) is 11.3 Å². The largest absolute Gasteiger partial charge is 0.416 e. The van der Waals surface area contributed by atoms with Gasteiger partial charge in [0.25, 0.3) is 0 Å². The molecule has 1 aliphatic heterocycles. The summed E-state index contributed by atoms with van der Waals surface area (Å²) in [5.41, 5.74) is 0.402. The maximum Gasteiger partial charge on any atom is 0.416 e. The van der Waals surface area contributed by atoms with Crippen LogP contribution in [0.1, 0.15) is 18.4 Å². The minimum atomic E-state index is -4.35. The van der Waals surface area contributed by atoms with E-state index in [2.05, 4.69) is 15.2 Å². The van der Waals surface area contributed by atoms with Crippen molar-refractivity contribution in [2.75, 3.05) is 31.7 Å². The van der Waals surface area contributed by atoms with E-state index in [1.165, 1.54) is 18.3 Å². The molecule has 2 heterocycles. The fourth-order valence-corrected chi connectivity index (χ4v) is 3.02. The molecule has 5 nitrogen and oxygen atoms in total. The quantitative estimate of drug-likeness (QED) is 0.844. The van der Waals surface area contributed by atoms with Crippen LogP contribution in [0.15, 0.2) is 30.5 Å². The number of piperidine rings is 1. The van der Waals surface area contributed by atoms with Gasteiger partial charge in [-0.15, -0.1) is 5.10 Å². The molecule has 0 radical (unpaired) electrons. The van der Waals surface area contributed by atoms with Crippen LogP contribution in [0.3, 0.4) is 0 Å². The Kier molecular flexibility index (Phi) is 5.17. The molecule has 1 aromatic heterocycles. The highest BCUT2D eigenvalue weighted by atomic mass is 19.4. The van der Waals surface area contributed by atoms with Crippen LogP contribution in [0.5, 0.6) is 0 Å². The maximum atomic E-state index is 12.7. The first-order chi connectivity index (χ1) is 12.0. The van der Waals surface area contributed by atoms with Crippen molar-refractivity contribution in [2.24, 2.45) is 5.92 Å². The topological polar surface area (TPSA) is 51.1 Å². The second-order valence-electron chi connectivity index (χ2n) is 6.13. The van der Waals surface area contributed by atoms with Gasteiger partial charge in [-0.3, -0.25) is 0 Å². The lowest BCUT2D eigenvalue weighted by Gasteiger charge is -2.32. The summed E-state index contributed by atoms with van der Waals surface area (Å²) in [7, 11) is 1.68. The van der Waals surface area contributed by atoms with Gasteiger partial charge in [0, 0.05) is 25.8 Å². The van der Waals surface area contributed by atoms with Crippen molar-refractivity contribution < 1.29 is 17.9 Å². The van der Waals surface area contributed by atoms with E-state index >= 15 is 0 Å². The van der Waals surface area contributed by atoms with Crippen molar-refractivity contribution in [1.29, 1.82) is 0 Å². The van der Waals surface area contributed by atoms with Gasteiger partial charge >= 0.3 is 6.18 Å². The summed E-state index contributed by atoms with van der Waals surface area (Å²) in [6.07, 6.45) is -0.779. The van der Waals surface area contributed by atoms with Crippen molar-refractivity contribution in [3.05, 3.63) is 36.0 Å². The molecule has 1 saturated heterocycles. The zero-order valence-corrected chi connectivity index (χ0v) is 13.8. The zero-order chi connectivity index (χ0) is 17.9. The number of rotatable bonds is 4. The van der Waals surface area contributed by atoms with Crippen molar-refractivity contribution in [2.45, 2.75) is 19.0 Å². The number of methoxy groups -OCH3 is 1. The Bertz CT molecular complexity index is 704. The molecule has 1 fully saturated rings. The van der Waals surface area contributed by atoms with Gasteiger partial charge < -0.3 is 9.64 Å². The summed E-state index contributed by atoms with van der Waals surface area (Å²) in [6, 6.07) is 4.90. The minimum Gasteiger partial charge on any atom is -0.384 e. The molecule has 2 aromatic rings. The number of ether oxygens (including phenoxy) is 1. The van der Waals surface area contributed by atoms with Crippen LogP contribution in [-0.2, 0) is 10.9 Å². The number of alkyl halides is 3. The predicted octanol–water partition coefficient (Wildman–Crippen LogP) is 3.42. The van der Waals surface area contributed by atoms with Gasteiger partial charge in [0.05, 0.1) is 24.1 Å². The highest BCUT2D eigenvalue weighted by Crippen LogP contribution is 2.30. The number of aromatic nitrogens is 3. The molecule has 1 unspecified atom stereocenters. The average Bonchev–Trinajstić information content (AvgIpc) is 2.62. The lowest BCUT2D eigenvalue weighted by molar-refractivity contribution is -0.137. The van der Waals surface area contributed by atoms with Crippen molar-refractivity contribution in [3.63, 3.8) is 0 Å². The third-order valence-corrected chi connectivity index (χ3v) is 4.26. The summed E-state index contributed by atoms with van der Waals surface area (Å²) < 4.78 is 43.2. The fraction of sp³-hybridized carbons (Fsp3) is 0.471. The molecule has 0 amide bonds. The van der Waals surface area contributed by atoms with Gasteiger partial charge in [-0.2, -0.15) is 18.3 Å². The lowest BCUT2D eigenvalue weighted by Crippen LogP contribution is -2.38. The molecule has 25 heavy (non-hydrogen) atoms. The Morgan fingerprint density at radius 2 is 2.00 bits per heavy atom. The highest BCUT2D eigenvalue weighted by Gasteiger charge is 2.30. The molecule has 0 N–H and O–H groups in total. The average molecular weight is 352 g/mol. The molecule has 134 valence electrons. The molecule has 0 aliphatic carbocycles. The van der Waals surface area contributed by atoms with Crippen molar-refractivity contribution in [1.82, 2.24) is 15.2 Å². The molecule has 1 aliphatic rings. The summed E-state index contributed by atoms with van der Waals surface area (Å²) in [5.74, 6) is 0.912. The number of hydrogen-bond donors (Lipinski definition) is 0. The predicted molar refractivity (Wildman–Crippen MR) is 87.1 cm³/mol. The van der Waals surface area contributed by atoms with Crippen LogP contribution >= 0.6 is 0 Å². The highest BCUT2D eigenvalue weighted by molar-refractivity contribution is 5.59. The molecule has 3 rings (SSSR count). The molecule has 1 aromatic carbocycles. The van der Waals surface area contributed by atoms with E-state index < -0.39 is 11.7 Å². The minimum absolute atomic E-state index is 0.414. The van der Waals surface area contributed by atoms with E-state index in [0.717, 1.165) is 38.1 Å². The SMILES string of the molecule is COCC1CCCN(c2nncc(-c3ccc(C(F)(F)F)cc3)n2)C1. The monoisotopic (exact) mass is 352 g/mol. The van der Waals surface area contributed by atoms with Gasteiger partial charge in [0.15, 0.2) is 0 Å². The smallest absolute Gasteiger partial charge is 0.384 e. The van der Waals surface area contributed by atoms with Gasteiger partial charge in [-0.25, -0.2) is 4.98 Å². The van der Waals surface area contributed by atoms with Crippen LogP contribution in [0.4, 0.5) is 19.1 Å². The van der Waals surface area contributed by atoms with E-state index in [0.29, 0.717) is 29.7 Å². The number of halogens is 3. The summed E-state index contributed by atoms with van der Waals surface area (Å²) in [4.78, 5) is 6.53. The van der Waals surface area contributed by atoms with Gasteiger partial charge in [0.2, 0.25) is 5.95 Å². The summed E-state index contributed by atoms with van der Waals surface area (Å²) in [5, 5.41) is 8.05. The van der Waals surface area contributed by atoms with E-state index in [-0.39, 0.29) is 0 Å². The summed E-state index contributed by atoms with van der Waals surface area (Å²) >= 11 is 0. The first-order valence-corrected chi connectivity index (χ1v) is 8.08. The molecular formula is C17H19F3N4O. The number of benzene rings is 1. The van der Waals surface area contributed by atoms with E-state index in [4.69, 9.17) is 4.74 Å². The van der Waals surface area contributed by atoms with Crippen molar-refractivity contribution >= 4 is 5.95 Å². The maximum absolute atomic E-state index is 12.7. The van der Waals surface area contributed by atoms with E-state index in [1.807, 2.05) is 4.90 Å². The van der Waals surface area contributed by atoms with Gasteiger partial charge in [0.1, 0.15) is 0 Å². The second-order valence-corrected chi connectivity index (χ2v) is 6.13. The second kappa shape index (κ2) is 7.35. The molecule has 0 bridgehead atoms. The Labute approximate surface area is 143 Å².